The highest BCUT2D eigenvalue weighted by molar-refractivity contribution is 6.26. The fraction of sp³-hybridized carbons (Fsp3) is 0.188. The standard InChI is InChI=1S/C32H27N3O2/c1-3-20-15-17-22(18-16-20)25-19-34-31(37)35(27-14-8-10-21-9-4-5-11-23(21)27)30(36)32(34,2)29-28(25)24-12-6-7-13-26(24)33-29/h4-18,25,33H,3,19H2,1-2H3/t25?,32-/m0/s1. The molecule has 1 saturated heterocycles. The minimum Gasteiger partial charge on any atom is -0.356 e. The Labute approximate surface area is 215 Å². The summed E-state index contributed by atoms with van der Waals surface area (Å²) >= 11 is 0. The van der Waals surface area contributed by atoms with Gasteiger partial charge < -0.3 is 9.88 Å². The third-order valence-corrected chi connectivity index (χ3v) is 8.33. The summed E-state index contributed by atoms with van der Waals surface area (Å²) < 4.78 is 0. The van der Waals surface area contributed by atoms with Crippen LogP contribution in [-0.2, 0) is 16.8 Å². The molecule has 4 aromatic carbocycles. The Kier molecular flexibility index (Phi) is 4.61. The second-order valence-electron chi connectivity index (χ2n) is 10.2. The molecule has 37 heavy (non-hydrogen) atoms. The van der Waals surface area contributed by atoms with Gasteiger partial charge in [0.05, 0.1) is 11.4 Å². The lowest BCUT2D eigenvalue weighted by atomic mass is 9.78. The van der Waals surface area contributed by atoms with E-state index in [0.29, 0.717) is 12.2 Å². The van der Waals surface area contributed by atoms with E-state index in [0.717, 1.165) is 44.9 Å². The molecule has 1 fully saturated rings. The number of nitrogens with zero attached hydrogens (tertiary/aromatic N) is 2. The van der Waals surface area contributed by atoms with Gasteiger partial charge in [0.15, 0.2) is 5.54 Å². The SMILES string of the molecule is CCc1ccc(C2CN3C(=O)N(c4cccc5ccccc45)C(=O)[C@]3(C)c3[nH]c4ccccc4c32)cc1. The van der Waals surface area contributed by atoms with Crippen LogP contribution in [0.5, 0.6) is 0 Å². The van der Waals surface area contributed by atoms with Gasteiger partial charge in [-0.25, -0.2) is 9.69 Å². The molecule has 182 valence electrons. The number of carbonyl (C=O) groups is 2. The van der Waals surface area contributed by atoms with E-state index in [9.17, 15) is 9.59 Å². The monoisotopic (exact) mass is 485 g/mol. The lowest BCUT2D eigenvalue weighted by Crippen LogP contribution is -2.50. The van der Waals surface area contributed by atoms with Crippen LogP contribution in [0.3, 0.4) is 0 Å². The molecule has 5 nitrogen and oxygen atoms in total. The van der Waals surface area contributed by atoms with E-state index in [1.54, 1.807) is 4.90 Å². The van der Waals surface area contributed by atoms with Gasteiger partial charge in [0.25, 0.3) is 5.91 Å². The van der Waals surface area contributed by atoms with Crippen molar-refractivity contribution in [2.24, 2.45) is 0 Å². The van der Waals surface area contributed by atoms with E-state index in [4.69, 9.17) is 0 Å². The molecular formula is C32H27N3O2. The molecule has 0 bridgehead atoms. The number of rotatable bonds is 3. The number of aryl methyl sites for hydroxylation is 1. The van der Waals surface area contributed by atoms with E-state index in [1.807, 2.05) is 67.6 Å². The molecular weight excluding hydrogens is 458 g/mol. The average Bonchev–Trinajstić information content (AvgIpc) is 3.42. The fourth-order valence-electron chi connectivity index (χ4n) is 6.29. The van der Waals surface area contributed by atoms with Gasteiger partial charge in [-0.1, -0.05) is 85.8 Å². The summed E-state index contributed by atoms with van der Waals surface area (Å²) in [6, 6.07) is 30.2. The molecule has 3 heterocycles. The molecule has 1 unspecified atom stereocenters. The normalized spacial score (nSPS) is 21.1. The maximum Gasteiger partial charge on any atom is 0.332 e. The van der Waals surface area contributed by atoms with Crippen LogP contribution in [0.4, 0.5) is 10.5 Å². The minimum atomic E-state index is -1.12. The quantitative estimate of drug-likeness (QED) is 0.289. The zero-order valence-corrected chi connectivity index (χ0v) is 20.9. The molecule has 1 N–H and O–H groups in total. The minimum absolute atomic E-state index is 0.0469. The fourth-order valence-corrected chi connectivity index (χ4v) is 6.29. The summed E-state index contributed by atoms with van der Waals surface area (Å²) in [5, 5.41) is 2.99. The van der Waals surface area contributed by atoms with E-state index in [1.165, 1.54) is 10.5 Å². The highest BCUT2D eigenvalue weighted by Crippen LogP contribution is 2.50. The van der Waals surface area contributed by atoms with Crippen molar-refractivity contribution in [2.75, 3.05) is 11.4 Å². The Morgan fingerprint density at radius 2 is 1.57 bits per heavy atom. The number of imide groups is 1. The first-order valence-electron chi connectivity index (χ1n) is 12.9. The Morgan fingerprint density at radius 3 is 2.35 bits per heavy atom. The zero-order valence-electron chi connectivity index (χ0n) is 20.9. The number of fused-ring (bicyclic) bond motifs is 6. The topological polar surface area (TPSA) is 56.4 Å². The second kappa shape index (κ2) is 7.81. The maximum absolute atomic E-state index is 14.3. The predicted molar refractivity (Wildman–Crippen MR) is 147 cm³/mol. The number of carbonyl (C=O) groups excluding carboxylic acids is 2. The lowest BCUT2D eigenvalue weighted by molar-refractivity contribution is -0.125. The maximum atomic E-state index is 14.3. The third-order valence-electron chi connectivity index (χ3n) is 8.33. The van der Waals surface area contributed by atoms with Gasteiger partial charge in [0.2, 0.25) is 0 Å². The predicted octanol–water partition coefficient (Wildman–Crippen LogP) is 6.71. The van der Waals surface area contributed by atoms with Gasteiger partial charge in [-0.05, 0) is 47.6 Å². The molecule has 0 aliphatic carbocycles. The average molecular weight is 486 g/mol. The molecule has 7 rings (SSSR count). The number of benzene rings is 4. The molecule has 3 amide bonds. The lowest BCUT2D eigenvalue weighted by Gasteiger charge is -2.40. The van der Waals surface area contributed by atoms with Crippen molar-refractivity contribution in [3.63, 3.8) is 0 Å². The van der Waals surface area contributed by atoms with Crippen LogP contribution in [0.25, 0.3) is 21.7 Å². The number of urea groups is 1. The second-order valence-corrected chi connectivity index (χ2v) is 10.2. The number of aromatic nitrogens is 1. The molecule has 0 saturated carbocycles. The molecule has 0 spiro atoms. The van der Waals surface area contributed by atoms with Crippen molar-refractivity contribution in [3.05, 3.63) is 113 Å². The van der Waals surface area contributed by atoms with Crippen molar-refractivity contribution < 1.29 is 9.59 Å². The molecule has 1 aromatic heterocycles. The smallest absolute Gasteiger partial charge is 0.332 e. The summed E-state index contributed by atoms with van der Waals surface area (Å²) in [6.07, 6.45) is 0.973. The van der Waals surface area contributed by atoms with E-state index in [-0.39, 0.29) is 17.9 Å². The summed E-state index contributed by atoms with van der Waals surface area (Å²) in [6.45, 7) is 4.47. The zero-order chi connectivity index (χ0) is 25.3. The Balaban J connectivity index is 1.45. The van der Waals surface area contributed by atoms with Crippen molar-refractivity contribution in [3.8, 4) is 0 Å². The van der Waals surface area contributed by atoms with Crippen molar-refractivity contribution in [1.82, 2.24) is 9.88 Å². The van der Waals surface area contributed by atoms with E-state index in [2.05, 4.69) is 42.2 Å². The van der Waals surface area contributed by atoms with Crippen LogP contribution < -0.4 is 4.90 Å². The number of aromatic amines is 1. The molecule has 2 aliphatic heterocycles. The van der Waals surface area contributed by atoms with Crippen molar-refractivity contribution in [1.29, 1.82) is 0 Å². The van der Waals surface area contributed by atoms with Crippen LogP contribution in [0.2, 0.25) is 0 Å². The van der Waals surface area contributed by atoms with Gasteiger partial charge in [0, 0.05) is 28.8 Å². The first-order valence-corrected chi connectivity index (χ1v) is 12.9. The summed E-state index contributed by atoms with van der Waals surface area (Å²) in [4.78, 5) is 35.2. The van der Waals surface area contributed by atoms with Gasteiger partial charge in [-0.15, -0.1) is 0 Å². The van der Waals surface area contributed by atoms with Gasteiger partial charge >= 0.3 is 6.03 Å². The molecule has 0 radical (unpaired) electrons. The van der Waals surface area contributed by atoms with Gasteiger partial charge in [-0.3, -0.25) is 4.79 Å². The first kappa shape index (κ1) is 21.9. The summed E-state index contributed by atoms with van der Waals surface area (Å²) in [7, 11) is 0. The number of anilines is 1. The van der Waals surface area contributed by atoms with Crippen LogP contribution in [-0.4, -0.2) is 28.4 Å². The Hall–Kier alpha value is -4.38. The van der Waals surface area contributed by atoms with Gasteiger partial charge in [-0.2, -0.15) is 0 Å². The number of hydrogen-bond acceptors (Lipinski definition) is 2. The highest BCUT2D eigenvalue weighted by atomic mass is 16.2. The van der Waals surface area contributed by atoms with Crippen molar-refractivity contribution >= 4 is 39.3 Å². The number of H-pyrrole nitrogens is 1. The van der Waals surface area contributed by atoms with Crippen LogP contribution >= 0.6 is 0 Å². The van der Waals surface area contributed by atoms with Crippen LogP contribution in [0.1, 0.15) is 42.1 Å². The first-order chi connectivity index (χ1) is 18.0. The molecule has 2 atom stereocenters. The highest BCUT2D eigenvalue weighted by Gasteiger charge is 2.60. The molecule has 5 heteroatoms. The van der Waals surface area contributed by atoms with Crippen LogP contribution in [0.15, 0.2) is 91.0 Å². The summed E-state index contributed by atoms with van der Waals surface area (Å²) in [5.74, 6) is -0.268. The van der Waals surface area contributed by atoms with Crippen LogP contribution in [0, 0.1) is 0 Å². The third kappa shape index (κ3) is 2.91. The van der Waals surface area contributed by atoms with Crippen molar-refractivity contribution in [2.45, 2.75) is 31.7 Å². The van der Waals surface area contributed by atoms with E-state index >= 15 is 0 Å². The number of para-hydroxylation sites is 1. The number of hydrogen-bond donors (Lipinski definition) is 1. The molecule has 2 aliphatic rings. The number of nitrogens with one attached hydrogen (secondary N) is 1. The number of amides is 3. The Bertz CT molecular complexity index is 1710. The summed E-state index contributed by atoms with van der Waals surface area (Å²) in [5.41, 5.74) is 4.83. The van der Waals surface area contributed by atoms with Gasteiger partial charge in [0.1, 0.15) is 0 Å². The van der Waals surface area contributed by atoms with E-state index < -0.39 is 5.54 Å². The Morgan fingerprint density at radius 1 is 0.865 bits per heavy atom. The molecule has 5 aromatic rings. The largest absolute Gasteiger partial charge is 0.356 e.